The average molecular weight is 370 g/mol. The first-order valence-corrected chi connectivity index (χ1v) is 9.32. The van der Waals surface area contributed by atoms with Gasteiger partial charge in [0.25, 0.3) is 5.79 Å². The van der Waals surface area contributed by atoms with Crippen LogP contribution in [-0.4, -0.2) is 36.7 Å². The lowest BCUT2D eigenvalue weighted by Gasteiger charge is -2.34. The minimum Gasteiger partial charge on any atom is -0.494 e. The van der Waals surface area contributed by atoms with Gasteiger partial charge in [0.1, 0.15) is 5.75 Å². The second kappa shape index (κ2) is 9.02. The van der Waals surface area contributed by atoms with Gasteiger partial charge in [0.15, 0.2) is 0 Å². The van der Waals surface area contributed by atoms with E-state index in [4.69, 9.17) is 19.3 Å². The molecule has 2 aromatic carbocycles. The molecule has 1 heterocycles. The van der Waals surface area contributed by atoms with E-state index in [2.05, 4.69) is 36.4 Å². The number of carbonyl (C=O) groups is 1. The lowest BCUT2D eigenvalue weighted by Crippen LogP contribution is -2.47. The van der Waals surface area contributed by atoms with Crippen LogP contribution >= 0.6 is 0 Å². The molecule has 0 aliphatic carbocycles. The first kappa shape index (κ1) is 19.4. The van der Waals surface area contributed by atoms with Gasteiger partial charge in [-0.1, -0.05) is 42.5 Å². The molecule has 1 saturated heterocycles. The Morgan fingerprint density at radius 2 is 1.70 bits per heavy atom. The first-order chi connectivity index (χ1) is 13.0. The maximum absolute atomic E-state index is 11.1. The van der Waals surface area contributed by atoms with Gasteiger partial charge in [-0.25, -0.2) is 4.79 Å². The van der Waals surface area contributed by atoms with E-state index in [1.807, 2.05) is 18.2 Å². The number of ether oxygens (including phenoxy) is 3. The van der Waals surface area contributed by atoms with Gasteiger partial charge in [-0.05, 0) is 42.5 Å². The van der Waals surface area contributed by atoms with Gasteiger partial charge in [-0.2, -0.15) is 0 Å². The number of carboxylic acids is 1. The molecule has 0 spiro atoms. The Kier molecular flexibility index (Phi) is 6.48. The van der Waals surface area contributed by atoms with E-state index < -0.39 is 11.8 Å². The standard InChI is InChI=1S/C22H26O5/c1-22(21(23)24)26-15-19(16-27-22)8-5-13-25-20-11-9-18(10-12-20)14-17-6-3-2-4-7-17/h2-4,6-7,9-12,19H,5,8,13-16H2,1H3,(H,23,24). The molecular weight excluding hydrogens is 344 g/mol. The third kappa shape index (κ3) is 5.55. The average Bonchev–Trinajstić information content (AvgIpc) is 2.69. The van der Waals surface area contributed by atoms with Crippen LogP contribution < -0.4 is 4.74 Å². The maximum atomic E-state index is 11.1. The molecule has 0 unspecified atom stereocenters. The van der Waals surface area contributed by atoms with Crippen LogP contribution in [0, 0.1) is 5.92 Å². The largest absolute Gasteiger partial charge is 0.494 e. The van der Waals surface area contributed by atoms with Gasteiger partial charge in [0, 0.05) is 12.8 Å². The smallest absolute Gasteiger partial charge is 0.364 e. The molecule has 0 amide bonds. The highest BCUT2D eigenvalue weighted by Crippen LogP contribution is 2.24. The lowest BCUT2D eigenvalue weighted by atomic mass is 10.0. The molecule has 1 N–H and O–H groups in total. The molecular formula is C22H26O5. The Morgan fingerprint density at radius 1 is 1.07 bits per heavy atom. The molecule has 2 aromatic rings. The monoisotopic (exact) mass is 370 g/mol. The van der Waals surface area contributed by atoms with Gasteiger partial charge in [-0.15, -0.1) is 0 Å². The van der Waals surface area contributed by atoms with Gasteiger partial charge in [-0.3, -0.25) is 0 Å². The van der Waals surface area contributed by atoms with Crippen molar-refractivity contribution >= 4 is 5.97 Å². The zero-order chi connectivity index (χ0) is 19.1. The van der Waals surface area contributed by atoms with Crippen molar-refractivity contribution in [3.8, 4) is 5.75 Å². The molecule has 144 valence electrons. The Bertz CT molecular complexity index is 718. The van der Waals surface area contributed by atoms with Crippen LogP contribution in [0.25, 0.3) is 0 Å². The molecule has 1 aliphatic heterocycles. The Hall–Kier alpha value is -2.37. The Balaban J connectivity index is 1.36. The maximum Gasteiger partial charge on any atom is 0.364 e. The summed E-state index contributed by atoms with van der Waals surface area (Å²) in [5.41, 5.74) is 2.55. The highest BCUT2D eigenvalue weighted by Gasteiger charge is 2.40. The number of carboxylic acid groups (broad SMARTS) is 1. The van der Waals surface area contributed by atoms with Crippen molar-refractivity contribution in [2.24, 2.45) is 5.92 Å². The zero-order valence-electron chi connectivity index (χ0n) is 15.6. The van der Waals surface area contributed by atoms with Crippen molar-refractivity contribution in [3.05, 3.63) is 65.7 Å². The number of rotatable bonds is 8. The second-order valence-electron chi connectivity index (χ2n) is 7.04. The fourth-order valence-electron chi connectivity index (χ4n) is 3.03. The molecule has 27 heavy (non-hydrogen) atoms. The molecule has 1 aliphatic rings. The summed E-state index contributed by atoms with van der Waals surface area (Å²) < 4.78 is 16.5. The number of hydrogen-bond acceptors (Lipinski definition) is 4. The van der Waals surface area contributed by atoms with E-state index in [0.29, 0.717) is 19.8 Å². The van der Waals surface area contributed by atoms with Crippen molar-refractivity contribution in [3.63, 3.8) is 0 Å². The molecule has 3 rings (SSSR count). The summed E-state index contributed by atoms with van der Waals surface area (Å²) in [6, 6.07) is 18.6. The molecule has 5 heteroatoms. The molecule has 0 aromatic heterocycles. The third-order valence-electron chi connectivity index (χ3n) is 4.78. The molecule has 0 saturated carbocycles. The molecule has 1 fully saturated rings. The summed E-state index contributed by atoms with van der Waals surface area (Å²) in [5.74, 6) is -1.52. The second-order valence-corrected chi connectivity index (χ2v) is 7.04. The number of benzene rings is 2. The first-order valence-electron chi connectivity index (χ1n) is 9.32. The van der Waals surface area contributed by atoms with E-state index in [1.165, 1.54) is 18.1 Å². The summed E-state index contributed by atoms with van der Waals surface area (Å²) in [7, 11) is 0. The number of aliphatic carboxylic acids is 1. The van der Waals surface area contributed by atoms with Crippen LogP contribution in [0.5, 0.6) is 5.75 Å². The minimum absolute atomic E-state index is 0.203. The zero-order valence-corrected chi connectivity index (χ0v) is 15.6. The predicted octanol–water partition coefficient (Wildman–Crippen LogP) is 3.90. The topological polar surface area (TPSA) is 65.0 Å². The highest BCUT2D eigenvalue weighted by atomic mass is 16.7. The number of hydrogen-bond donors (Lipinski definition) is 1. The van der Waals surface area contributed by atoms with Gasteiger partial charge < -0.3 is 19.3 Å². The van der Waals surface area contributed by atoms with Gasteiger partial charge >= 0.3 is 5.97 Å². The van der Waals surface area contributed by atoms with E-state index in [9.17, 15) is 4.79 Å². The Labute approximate surface area is 159 Å². The molecule has 0 bridgehead atoms. The van der Waals surface area contributed by atoms with Gasteiger partial charge in [0.2, 0.25) is 0 Å². The summed E-state index contributed by atoms with van der Waals surface area (Å²) in [6.07, 6.45) is 2.66. The van der Waals surface area contributed by atoms with Crippen molar-refractivity contribution in [1.29, 1.82) is 0 Å². The van der Waals surface area contributed by atoms with Crippen LogP contribution in [0.15, 0.2) is 54.6 Å². The summed E-state index contributed by atoms with van der Waals surface area (Å²) in [6.45, 7) is 2.86. The quantitative estimate of drug-likeness (QED) is 0.714. The van der Waals surface area contributed by atoms with Crippen molar-refractivity contribution in [1.82, 2.24) is 0 Å². The summed E-state index contributed by atoms with van der Waals surface area (Å²) >= 11 is 0. The lowest BCUT2D eigenvalue weighted by molar-refractivity contribution is -0.271. The molecule has 0 radical (unpaired) electrons. The summed E-state index contributed by atoms with van der Waals surface area (Å²) in [5, 5.41) is 9.06. The van der Waals surface area contributed by atoms with E-state index >= 15 is 0 Å². The van der Waals surface area contributed by atoms with Crippen LogP contribution in [0.2, 0.25) is 0 Å². The van der Waals surface area contributed by atoms with E-state index in [1.54, 1.807) is 0 Å². The highest BCUT2D eigenvalue weighted by molar-refractivity contribution is 5.75. The van der Waals surface area contributed by atoms with Crippen LogP contribution in [0.4, 0.5) is 0 Å². The fourth-order valence-corrected chi connectivity index (χ4v) is 3.03. The van der Waals surface area contributed by atoms with E-state index in [0.717, 1.165) is 25.0 Å². The van der Waals surface area contributed by atoms with Crippen molar-refractivity contribution < 1.29 is 24.1 Å². The van der Waals surface area contributed by atoms with Crippen LogP contribution in [0.3, 0.4) is 0 Å². The van der Waals surface area contributed by atoms with Gasteiger partial charge in [0.05, 0.1) is 19.8 Å². The predicted molar refractivity (Wildman–Crippen MR) is 102 cm³/mol. The SMILES string of the molecule is CC1(C(=O)O)OCC(CCCOc2ccc(Cc3ccccc3)cc2)CO1. The Morgan fingerprint density at radius 3 is 2.33 bits per heavy atom. The normalized spacial score (nSPS) is 22.3. The van der Waals surface area contributed by atoms with Crippen molar-refractivity contribution in [2.45, 2.75) is 32.0 Å². The van der Waals surface area contributed by atoms with Crippen LogP contribution in [-0.2, 0) is 20.7 Å². The molecule has 0 atom stereocenters. The third-order valence-corrected chi connectivity index (χ3v) is 4.78. The fraction of sp³-hybridized carbons (Fsp3) is 0.409. The van der Waals surface area contributed by atoms with Crippen molar-refractivity contribution in [2.75, 3.05) is 19.8 Å². The molecule has 5 nitrogen and oxygen atoms in total. The van der Waals surface area contributed by atoms with Crippen LogP contribution in [0.1, 0.15) is 30.9 Å². The minimum atomic E-state index is -1.51. The summed E-state index contributed by atoms with van der Waals surface area (Å²) in [4.78, 5) is 11.1. The van der Waals surface area contributed by atoms with E-state index in [-0.39, 0.29) is 5.92 Å².